The molecule has 0 unspecified atom stereocenters. The molecule has 9 nitrogen and oxygen atoms in total. The third kappa shape index (κ3) is 4.67. The third-order valence-corrected chi connectivity index (χ3v) is 7.05. The first-order chi connectivity index (χ1) is 19.1. The largest absolute Gasteiger partial charge is 0.480 e. The second kappa shape index (κ2) is 9.68. The normalized spacial score (nSPS) is 13.9. The van der Waals surface area contributed by atoms with E-state index in [1.54, 1.807) is 34.7 Å². The average Bonchev–Trinajstić information content (AvgIpc) is 3.60. The molecule has 0 N–H and O–H groups in total. The number of fused-ring (bicyclic) bond motifs is 1. The summed E-state index contributed by atoms with van der Waals surface area (Å²) in [5, 5.41) is 4.69. The lowest BCUT2D eigenvalue weighted by Gasteiger charge is -2.11. The van der Waals surface area contributed by atoms with Gasteiger partial charge in [-0.1, -0.05) is 24.3 Å². The molecule has 12 heteroatoms. The van der Waals surface area contributed by atoms with Gasteiger partial charge in [0.25, 0.3) is 0 Å². The predicted molar refractivity (Wildman–Crippen MR) is 142 cm³/mol. The maximum Gasteiger partial charge on any atom is 0.434 e. The molecule has 40 heavy (non-hydrogen) atoms. The van der Waals surface area contributed by atoms with Gasteiger partial charge in [-0.3, -0.25) is 4.68 Å². The van der Waals surface area contributed by atoms with Gasteiger partial charge in [0.05, 0.1) is 24.7 Å². The number of benzene rings is 1. The molecule has 0 radical (unpaired) electrons. The summed E-state index contributed by atoms with van der Waals surface area (Å²) in [6.07, 6.45) is 2.38. The van der Waals surface area contributed by atoms with Crippen molar-refractivity contribution in [3.05, 3.63) is 65.6 Å². The number of methoxy groups -OCH3 is 1. The Labute approximate surface area is 228 Å². The zero-order valence-electron chi connectivity index (χ0n) is 22.4. The van der Waals surface area contributed by atoms with Gasteiger partial charge in [-0.15, -0.1) is 0 Å². The molecule has 0 amide bonds. The number of aryl methyl sites for hydroxylation is 1. The summed E-state index contributed by atoms with van der Waals surface area (Å²) >= 11 is 0. The highest BCUT2D eigenvalue weighted by Gasteiger charge is 2.35. The molecule has 4 aromatic heterocycles. The highest BCUT2D eigenvalue weighted by molar-refractivity contribution is 5.80. The maximum atomic E-state index is 13.3. The van der Waals surface area contributed by atoms with E-state index in [9.17, 15) is 13.2 Å². The molecule has 1 aromatic carbocycles. The Balaban J connectivity index is 1.34. The second-order valence-electron chi connectivity index (χ2n) is 10.2. The molecule has 1 aliphatic rings. The van der Waals surface area contributed by atoms with Gasteiger partial charge in [-0.05, 0) is 32.3 Å². The molecule has 4 heterocycles. The van der Waals surface area contributed by atoms with E-state index in [-0.39, 0.29) is 11.9 Å². The van der Waals surface area contributed by atoms with Gasteiger partial charge >= 0.3 is 6.18 Å². The number of aromatic nitrogens is 8. The van der Waals surface area contributed by atoms with E-state index >= 15 is 0 Å². The molecule has 6 rings (SSSR count). The first-order valence-electron chi connectivity index (χ1n) is 13.0. The van der Waals surface area contributed by atoms with Crippen molar-refractivity contribution in [1.29, 1.82) is 0 Å². The Morgan fingerprint density at radius 2 is 1.80 bits per heavy atom. The lowest BCUT2D eigenvalue weighted by atomic mass is 10.1. The smallest absolute Gasteiger partial charge is 0.434 e. The predicted octanol–water partition coefficient (Wildman–Crippen LogP) is 5.76. The SMILES string of the molecule is COc1ncnc(C2CC2)c1-c1ncc2c(n1)c(Cc1ccc(-c3nc(C(F)(F)F)cn3C(C)C)cc1)nn2C. The van der Waals surface area contributed by atoms with Crippen LogP contribution in [0.1, 0.15) is 61.3 Å². The second-order valence-corrected chi connectivity index (χ2v) is 10.2. The van der Waals surface area contributed by atoms with Crippen LogP contribution in [0.2, 0.25) is 0 Å². The monoisotopic (exact) mass is 548 g/mol. The van der Waals surface area contributed by atoms with Crippen molar-refractivity contribution < 1.29 is 17.9 Å². The first kappa shape index (κ1) is 25.9. The Bertz CT molecular complexity index is 1700. The summed E-state index contributed by atoms with van der Waals surface area (Å²) in [4.78, 5) is 22.2. The zero-order chi connectivity index (χ0) is 28.2. The van der Waals surface area contributed by atoms with Crippen LogP contribution < -0.4 is 4.74 Å². The van der Waals surface area contributed by atoms with Crippen LogP contribution in [0.5, 0.6) is 5.88 Å². The van der Waals surface area contributed by atoms with Gasteiger partial charge in [0.2, 0.25) is 5.88 Å². The standard InChI is InChI=1S/C28H27F3N8O/c1-15(2)39-13-21(28(29,30)31)35-26(39)18-7-5-16(6-8-18)11-19-24-20(38(3)37-19)12-32-25(36-24)22-23(17-9-10-17)33-14-34-27(22)40-4/h5-8,12-15,17H,9-11H2,1-4H3. The van der Waals surface area contributed by atoms with Crippen LogP contribution >= 0.6 is 0 Å². The summed E-state index contributed by atoms with van der Waals surface area (Å²) in [5.74, 6) is 1.54. The molecule has 0 atom stereocenters. The van der Waals surface area contributed by atoms with E-state index in [0.29, 0.717) is 40.7 Å². The number of hydrogen-bond acceptors (Lipinski definition) is 7. The van der Waals surface area contributed by atoms with Crippen molar-refractivity contribution in [2.45, 2.75) is 51.2 Å². The third-order valence-electron chi connectivity index (χ3n) is 7.05. The molecule has 0 aliphatic heterocycles. The van der Waals surface area contributed by atoms with Crippen LogP contribution in [0, 0.1) is 0 Å². The summed E-state index contributed by atoms with van der Waals surface area (Å²) in [6, 6.07) is 7.15. The van der Waals surface area contributed by atoms with E-state index in [2.05, 4.69) is 19.9 Å². The Morgan fingerprint density at radius 3 is 2.45 bits per heavy atom. The highest BCUT2D eigenvalue weighted by Crippen LogP contribution is 2.45. The molecule has 0 saturated heterocycles. The van der Waals surface area contributed by atoms with Crippen molar-refractivity contribution in [2.75, 3.05) is 7.11 Å². The summed E-state index contributed by atoms with van der Waals surface area (Å²) < 4.78 is 48.8. The van der Waals surface area contributed by atoms with E-state index in [1.807, 2.05) is 33.0 Å². The molecule has 0 bridgehead atoms. The van der Waals surface area contributed by atoms with Gasteiger partial charge < -0.3 is 9.30 Å². The minimum atomic E-state index is -4.51. The zero-order valence-corrected chi connectivity index (χ0v) is 22.4. The van der Waals surface area contributed by atoms with Gasteiger partial charge in [0.1, 0.15) is 28.7 Å². The molecular formula is C28H27F3N8O. The first-order valence-corrected chi connectivity index (χ1v) is 13.0. The number of rotatable bonds is 7. The summed E-state index contributed by atoms with van der Waals surface area (Å²) in [7, 11) is 3.40. The number of hydrogen-bond donors (Lipinski definition) is 0. The number of imidazole rings is 1. The minimum absolute atomic E-state index is 0.180. The molecule has 1 aliphatic carbocycles. The van der Waals surface area contributed by atoms with Crippen molar-refractivity contribution in [3.8, 4) is 28.7 Å². The van der Waals surface area contributed by atoms with E-state index in [0.717, 1.165) is 41.5 Å². The fraction of sp³-hybridized carbons (Fsp3) is 0.357. The van der Waals surface area contributed by atoms with Gasteiger partial charge in [0.15, 0.2) is 11.5 Å². The van der Waals surface area contributed by atoms with Crippen molar-refractivity contribution >= 4 is 11.0 Å². The van der Waals surface area contributed by atoms with Crippen LogP contribution in [-0.2, 0) is 19.6 Å². The molecule has 206 valence electrons. The summed E-state index contributed by atoms with van der Waals surface area (Å²) in [6.45, 7) is 3.65. The maximum absolute atomic E-state index is 13.3. The van der Waals surface area contributed by atoms with Crippen LogP contribution in [0.4, 0.5) is 13.2 Å². The fourth-order valence-corrected chi connectivity index (χ4v) is 4.86. The number of halogens is 3. The topological polar surface area (TPSA) is 96.4 Å². The van der Waals surface area contributed by atoms with Gasteiger partial charge in [0, 0.05) is 37.2 Å². The molecule has 5 aromatic rings. The molecular weight excluding hydrogens is 521 g/mol. The molecule has 0 spiro atoms. The lowest BCUT2D eigenvalue weighted by Crippen LogP contribution is -2.05. The lowest BCUT2D eigenvalue weighted by molar-refractivity contribution is -0.140. The van der Waals surface area contributed by atoms with Crippen molar-refractivity contribution in [1.82, 2.24) is 39.3 Å². The highest BCUT2D eigenvalue weighted by atomic mass is 19.4. The van der Waals surface area contributed by atoms with E-state index < -0.39 is 11.9 Å². The van der Waals surface area contributed by atoms with Crippen LogP contribution in [0.15, 0.2) is 43.0 Å². The Hall–Kier alpha value is -4.35. The fourth-order valence-electron chi connectivity index (χ4n) is 4.86. The van der Waals surface area contributed by atoms with Crippen LogP contribution in [-0.4, -0.2) is 46.4 Å². The minimum Gasteiger partial charge on any atom is -0.480 e. The average molecular weight is 549 g/mol. The van der Waals surface area contributed by atoms with Crippen LogP contribution in [0.3, 0.4) is 0 Å². The molecule has 1 fully saturated rings. The summed E-state index contributed by atoms with van der Waals surface area (Å²) in [5.41, 5.74) is 4.45. The van der Waals surface area contributed by atoms with Gasteiger partial charge in [-0.2, -0.15) is 18.3 Å². The molecule has 1 saturated carbocycles. The van der Waals surface area contributed by atoms with Gasteiger partial charge in [-0.25, -0.2) is 24.9 Å². The number of alkyl halides is 3. The Kier molecular flexibility index (Phi) is 6.27. The van der Waals surface area contributed by atoms with E-state index in [1.165, 1.54) is 6.33 Å². The van der Waals surface area contributed by atoms with Crippen molar-refractivity contribution in [2.24, 2.45) is 7.05 Å². The van der Waals surface area contributed by atoms with Crippen LogP contribution in [0.25, 0.3) is 33.8 Å². The number of ether oxygens (including phenoxy) is 1. The Morgan fingerprint density at radius 1 is 1.05 bits per heavy atom. The number of nitrogens with zero attached hydrogens (tertiary/aromatic N) is 8. The van der Waals surface area contributed by atoms with E-state index in [4.69, 9.17) is 14.8 Å². The quantitative estimate of drug-likeness (QED) is 0.255. The van der Waals surface area contributed by atoms with Crippen molar-refractivity contribution in [3.63, 3.8) is 0 Å².